The summed E-state index contributed by atoms with van der Waals surface area (Å²) < 4.78 is 8.84. The molecule has 104 valence electrons. The van der Waals surface area contributed by atoms with E-state index in [4.69, 9.17) is 4.74 Å². The van der Waals surface area contributed by atoms with Crippen LogP contribution in [0.25, 0.3) is 21.3 Å². The number of pyridine rings is 1. The summed E-state index contributed by atoms with van der Waals surface area (Å²) in [5.74, 6) is 0. The maximum absolute atomic E-state index is 12.4. The molecule has 5 nitrogen and oxygen atoms in total. The van der Waals surface area contributed by atoms with E-state index in [-0.39, 0.29) is 0 Å². The molecule has 0 aliphatic rings. The highest BCUT2D eigenvalue weighted by Crippen LogP contribution is 2.33. The first kappa shape index (κ1) is 13.7. The summed E-state index contributed by atoms with van der Waals surface area (Å²) in [5.41, 5.74) is 0.868. The summed E-state index contributed by atoms with van der Waals surface area (Å²) in [6.07, 6.45) is 3.01. The van der Waals surface area contributed by atoms with Crippen LogP contribution < -0.4 is 0 Å². The number of hydrogen-bond acceptors (Lipinski definition) is 5. The van der Waals surface area contributed by atoms with Gasteiger partial charge in [0.15, 0.2) is 8.66 Å². The molecule has 0 saturated heterocycles. The lowest BCUT2D eigenvalue weighted by Gasteiger charge is -2.19. The Morgan fingerprint density at radius 3 is 2.90 bits per heavy atom. The van der Waals surface area contributed by atoms with E-state index in [1.165, 1.54) is 4.57 Å². The molecular formula is C13H12IN3O2S. The van der Waals surface area contributed by atoms with Gasteiger partial charge in [0.25, 0.3) is 0 Å². The average Bonchev–Trinajstić information content (AvgIpc) is 2.81. The summed E-state index contributed by atoms with van der Waals surface area (Å²) in [4.78, 5) is 21.0. The van der Waals surface area contributed by atoms with Crippen LogP contribution in [-0.4, -0.2) is 26.2 Å². The fraction of sp³-hybridized carbons (Fsp3) is 0.308. The fourth-order valence-electron chi connectivity index (χ4n) is 1.98. The smallest absolute Gasteiger partial charge is 0.420 e. The van der Waals surface area contributed by atoms with Gasteiger partial charge < -0.3 is 4.74 Å². The van der Waals surface area contributed by atoms with Crippen LogP contribution in [0, 0.1) is 3.01 Å². The van der Waals surface area contributed by atoms with Crippen molar-refractivity contribution >= 4 is 61.3 Å². The van der Waals surface area contributed by atoms with Crippen LogP contribution in [0.4, 0.5) is 4.79 Å². The molecule has 0 aromatic carbocycles. The minimum Gasteiger partial charge on any atom is -0.443 e. The van der Waals surface area contributed by atoms with Crippen LogP contribution in [0.5, 0.6) is 0 Å². The number of halogens is 1. The Balaban J connectivity index is 2.28. The number of aromatic nitrogens is 3. The van der Waals surface area contributed by atoms with E-state index < -0.39 is 11.7 Å². The molecule has 3 rings (SSSR count). The van der Waals surface area contributed by atoms with Crippen molar-refractivity contribution in [3.8, 4) is 0 Å². The number of hydrogen-bond donors (Lipinski definition) is 0. The molecule has 3 aromatic rings. The number of carbonyl (C=O) groups excluding carboxylic acids is 1. The SMILES string of the molecule is CC(C)(C)OC(=O)n1c2ccncc2c2sc(I)nc21. The second kappa shape index (κ2) is 4.66. The van der Waals surface area contributed by atoms with Crippen LogP contribution in [0.2, 0.25) is 0 Å². The molecule has 0 amide bonds. The molecular weight excluding hydrogens is 389 g/mol. The van der Waals surface area contributed by atoms with Gasteiger partial charge in [0.05, 0.1) is 10.2 Å². The minimum absolute atomic E-state index is 0.412. The molecule has 0 N–H and O–H groups in total. The van der Waals surface area contributed by atoms with Gasteiger partial charge in [-0.3, -0.25) is 4.98 Å². The summed E-state index contributed by atoms with van der Waals surface area (Å²) in [6, 6.07) is 1.81. The van der Waals surface area contributed by atoms with Gasteiger partial charge in [0, 0.05) is 17.8 Å². The molecule has 20 heavy (non-hydrogen) atoms. The van der Waals surface area contributed by atoms with Gasteiger partial charge in [0.1, 0.15) is 5.60 Å². The molecule has 0 fully saturated rings. The average molecular weight is 401 g/mol. The maximum atomic E-state index is 12.4. The predicted octanol–water partition coefficient (Wildman–Crippen LogP) is 4.03. The van der Waals surface area contributed by atoms with Crippen LogP contribution in [-0.2, 0) is 4.74 Å². The third-order valence-electron chi connectivity index (χ3n) is 2.65. The largest absolute Gasteiger partial charge is 0.443 e. The molecule has 7 heteroatoms. The molecule has 0 atom stereocenters. The summed E-state index contributed by atoms with van der Waals surface area (Å²) in [6.45, 7) is 5.54. The monoisotopic (exact) mass is 401 g/mol. The van der Waals surface area contributed by atoms with Crippen molar-refractivity contribution in [2.45, 2.75) is 26.4 Å². The highest BCUT2D eigenvalue weighted by Gasteiger charge is 2.24. The molecule has 0 saturated carbocycles. The van der Waals surface area contributed by atoms with Gasteiger partial charge in [-0.25, -0.2) is 14.3 Å². The third kappa shape index (κ3) is 2.28. The molecule has 3 heterocycles. The maximum Gasteiger partial charge on any atom is 0.420 e. The molecule has 0 bridgehead atoms. The number of ether oxygens (including phenoxy) is 1. The highest BCUT2D eigenvalue weighted by molar-refractivity contribution is 14.1. The van der Waals surface area contributed by atoms with Crippen molar-refractivity contribution in [2.24, 2.45) is 0 Å². The highest BCUT2D eigenvalue weighted by atomic mass is 127. The molecule has 0 unspecified atom stereocenters. The zero-order valence-electron chi connectivity index (χ0n) is 11.2. The van der Waals surface area contributed by atoms with E-state index >= 15 is 0 Å². The molecule has 0 aliphatic carbocycles. The van der Waals surface area contributed by atoms with Crippen LogP contribution in [0.15, 0.2) is 18.5 Å². The number of thiazole rings is 1. The van der Waals surface area contributed by atoms with Crippen LogP contribution >= 0.6 is 33.9 Å². The predicted molar refractivity (Wildman–Crippen MR) is 87.3 cm³/mol. The first-order valence-electron chi connectivity index (χ1n) is 6.00. The van der Waals surface area contributed by atoms with Crippen molar-refractivity contribution in [2.75, 3.05) is 0 Å². The topological polar surface area (TPSA) is 57.0 Å². The Bertz CT molecular complexity index is 816. The molecule has 3 aromatic heterocycles. The van der Waals surface area contributed by atoms with E-state index in [1.54, 1.807) is 29.8 Å². The number of nitrogens with zero attached hydrogens (tertiary/aromatic N) is 3. The second-order valence-corrected chi connectivity index (χ2v) is 8.08. The van der Waals surface area contributed by atoms with Gasteiger partial charge in [-0.2, -0.15) is 0 Å². The van der Waals surface area contributed by atoms with E-state index in [2.05, 4.69) is 32.6 Å². The van der Waals surface area contributed by atoms with Gasteiger partial charge in [-0.1, -0.05) is 0 Å². The van der Waals surface area contributed by atoms with Crippen molar-refractivity contribution in [3.63, 3.8) is 0 Å². The lowest BCUT2D eigenvalue weighted by atomic mass is 10.2. The van der Waals surface area contributed by atoms with E-state index in [1.807, 2.05) is 20.8 Å². The van der Waals surface area contributed by atoms with E-state index in [0.29, 0.717) is 5.65 Å². The van der Waals surface area contributed by atoms with E-state index in [9.17, 15) is 4.79 Å². The van der Waals surface area contributed by atoms with Crippen molar-refractivity contribution in [1.82, 2.24) is 14.5 Å². The van der Waals surface area contributed by atoms with Gasteiger partial charge in [-0.05, 0) is 49.4 Å². The third-order valence-corrected chi connectivity index (χ3v) is 4.42. The number of rotatable bonds is 0. The minimum atomic E-state index is -0.545. The number of fused-ring (bicyclic) bond motifs is 3. The van der Waals surface area contributed by atoms with Crippen molar-refractivity contribution in [1.29, 1.82) is 0 Å². The summed E-state index contributed by atoms with van der Waals surface area (Å²) in [7, 11) is 0. The van der Waals surface area contributed by atoms with Crippen LogP contribution in [0.1, 0.15) is 20.8 Å². The zero-order chi connectivity index (χ0) is 14.5. The van der Waals surface area contributed by atoms with Gasteiger partial charge >= 0.3 is 6.09 Å². The van der Waals surface area contributed by atoms with Gasteiger partial charge in [-0.15, -0.1) is 11.3 Å². The first-order valence-corrected chi connectivity index (χ1v) is 7.90. The Morgan fingerprint density at radius 1 is 1.45 bits per heavy atom. The standard InChI is InChI=1S/C13H12IN3O2S/c1-13(2,3)19-12(18)17-8-4-5-15-6-7(8)9-10(17)16-11(14)20-9/h4-6H,1-3H3. The summed E-state index contributed by atoms with van der Waals surface area (Å²) in [5, 5.41) is 0.925. The first-order chi connectivity index (χ1) is 9.37. The zero-order valence-corrected chi connectivity index (χ0v) is 14.2. The Hall–Kier alpha value is -1.22. The molecule has 0 radical (unpaired) electrons. The normalized spacial score (nSPS) is 12.2. The molecule has 0 aliphatic heterocycles. The van der Waals surface area contributed by atoms with Gasteiger partial charge in [0.2, 0.25) is 0 Å². The van der Waals surface area contributed by atoms with Crippen LogP contribution in [0.3, 0.4) is 0 Å². The van der Waals surface area contributed by atoms with E-state index in [0.717, 1.165) is 18.6 Å². The number of carbonyl (C=O) groups is 1. The lowest BCUT2D eigenvalue weighted by Crippen LogP contribution is -2.27. The second-order valence-electron chi connectivity index (χ2n) is 5.33. The Kier molecular flexibility index (Phi) is 3.20. The Morgan fingerprint density at radius 2 is 2.20 bits per heavy atom. The quantitative estimate of drug-likeness (QED) is 0.534. The van der Waals surface area contributed by atoms with Crippen molar-refractivity contribution in [3.05, 3.63) is 21.5 Å². The van der Waals surface area contributed by atoms with Crippen molar-refractivity contribution < 1.29 is 9.53 Å². The summed E-state index contributed by atoms with van der Waals surface area (Å²) >= 11 is 3.70. The Labute approximate surface area is 133 Å². The molecule has 0 spiro atoms. The fourth-order valence-corrected chi connectivity index (χ4v) is 3.66. The lowest BCUT2D eigenvalue weighted by molar-refractivity contribution is 0.0550.